The van der Waals surface area contributed by atoms with E-state index >= 15 is 9.59 Å². The van der Waals surface area contributed by atoms with Crippen LogP contribution in [0.15, 0.2) is 109 Å². The molecule has 6 unspecified atom stereocenters. The second-order valence-electron chi connectivity index (χ2n) is 16.3. The molecule has 13 heteroatoms. The number of hydrogen-bond donors (Lipinski definition) is 2. The first-order valence-electron chi connectivity index (χ1n) is 19.9. The molecule has 4 aliphatic rings. The first-order valence-corrected chi connectivity index (χ1v) is 21.1. The topological polar surface area (TPSA) is 134 Å². The lowest BCUT2D eigenvalue weighted by Crippen LogP contribution is -2.49. The van der Waals surface area contributed by atoms with Crippen LogP contribution >= 0.6 is 22.9 Å². The minimum atomic E-state index is -1.38. The van der Waals surface area contributed by atoms with E-state index in [-0.39, 0.29) is 36.2 Å². The predicted octanol–water partition coefficient (Wildman–Crippen LogP) is 9.16. The van der Waals surface area contributed by atoms with Crippen molar-refractivity contribution in [1.82, 2.24) is 9.78 Å². The molecule has 1 saturated carbocycles. The SMILES string of the molecule is COc1cccc(C2C3=CCC4C(=O)N(c5ccc(Nc6ccccc6)cc5)C(=O)C4C3CC3C(=O)N(c4cc(-c5sc6ccc(Cl)cc6c5C)nn4C)C(=O)C32C)c1O. The van der Waals surface area contributed by atoms with Crippen LogP contribution in [0.2, 0.25) is 5.02 Å². The normalized spacial score (nSPS) is 24.8. The number of fused-ring (bicyclic) bond motifs is 5. The summed E-state index contributed by atoms with van der Waals surface area (Å²) in [6, 6.07) is 29.5. The Hall–Kier alpha value is -6.24. The van der Waals surface area contributed by atoms with Gasteiger partial charge in [0.15, 0.2) is 11.5 Å². The van der Waals surface area contributed by atoms with Gasteiger partial charge < -0.3 is 15.2 Å². The number of nitrogens with zero attached hydrogens (tertiary/aromatic N) is 4. The molecule has 0 spiro atoms. The van der Waals surface area contributed by atoms with Crippen molar-refractivity contribution >= 4 is 79.5 Å². The Morgan fingerprint density at radius 2 is 1.63 bits per heavy atom. The van der Waals surface area contributed by atoms with Crippen molar-refractivity contribution < 1.29 is 29.0 Å². The van der Waals surface area contributed by atoms with E-state index in [1.54, 1.807) is 66.4 Å². The summed E-state index contributed by atoms with van der Waals surface area (Å²) in [4.78, 5) is 62.6. The number of halogens is 1. The van der Waals surface area contributed by atoms with Crippen molar-refractivity contribution in [3.63, 3.8) is 0 Å². The number of aromatic nitrogens is 2. The van der Waals surface area contributed by atoms with E-state index in [4.69, 9.17) is 21.4 Å². The number of phenols is 1. The number of anilines is 4. The standard InChI is InChI=1S/C47H40ClN5O6S/c1-24-32-21-25(48)13-20-37(32)60-42(24)35-23-38(51(3)50-35)53-44(56)34-22-33-29(40(47(34,2)46(53)58)31-11-8-12-36(59-4)41(31)54)18-19-30-39(33)45(57)52(43(30)55)28-16-14-27(15-17-28)49-26-9-6-5-7-10-26/h5-18,20-21,23,30,33-34,39-40,49,54H,19,22H2,1-4H3. The third kappa shape index (κ3) is 5.50. The van der Waals surface area contributed by atoms with Gasteiger partial charge in [-0.05, 0) is 104 Å². The number of aromatic hydroxyl groups is 1. The highest BCUT2D eigenvalue weighted by Gasteiger charge is 2.68. The van der Waals surface area contributed by atoms with Crippen molar-refractivity contribution in [1.29, 1.82) is 0 Å². The number of carbonyl (C=O) groups excluding carboxylic acids is 4. The van der Waals surface area contributed by atoms with Gasteiger partial charge in [-0.25, -0.2) is 4.90 Å². The summed E-state index contributed by atoms with van der Waals surface area (Å²) in [5.41, 5.74) is 3.58. The number of thiophene rings is 1. The Bertz CT molecular complexity index is 2830. The van der Waals surface area contributed by atoms with Gasteiger partial charge in [-0.1, -0.05) is 53.6 Å². The van der Waals surface area contributed by atoms with E-state index in [9.17, 15) is 14.7 Å². The third-order valence-electron chi connectivity index (χ3n) is 13.2. The number of amides is 4. The minimum absolute atomic E-state index is 0.143. The van der Waals surface area contributed by atoms with Gasteiger partial charge in [0.1, 0.15) is 11.5 Å². The zero-order valence-corrected chi connectivity index (χ0v) is 34.8. The molecule has 0 bridgehead atoms. The van der Waals surface area contributed by atoms with Crippen LogP contribution in [-0.4, -0.2) is 45.6 Å². The van der Waals surface area contributed by atoms with E-state index in [1.165, 1.54) is 16.9 Å². The van der Waals surface area contributed by atoms with Gasteiger partial charge in [-0.2, -0.15) is 5.10 Å². The Balaban J connectivity index is 1.04. The van der Waals surface area contributed by atoms with Crippen molar-refractivity contribution in [3.05, 3.63) is 125 Å². The van der Waals surface area contributed by atoms with Crippen LogP contribution in [0.5, 0.6) is 11.5 Å². The smallest absolute Gasteiger partial charge is 0.242 e. The second-order valence-corrected chi connectivity index (χ2v) is 17.8. The van der Waals surface area contributed by atoms with Gasteiger partial charge in [0, 0.05) is 45.7 Å². The molecule has 4 amide bonds. The molecule has 11 nitrogen and oxygen atoms in total. The molecule has 6 atom stereocenters. The molecule has 2 N–H and O–H groups in total. The molecular formula is C47H40ClN5O6S. The van der Waals surface area contributed by atoms with Crippen molar-refractivity contribution in [2.24, 2.45) is 36.1 Å². The highest BCUT2D eigenvalue weighted by Crippen LogP contribution is 2.65. The van der Waals surface area contributed by atoms with Gasteiger partial charge in [-0.3, -0.25) is 28.8 Å². The van der Waals surface area contributed by atoms with E-state index < -0.39 is 46.8 Å². The molecule has 60 heavy (non-hydrogen) atoms. The number of phenolic OH excluding ortho intramolecular Hbond substituents is 1. The number of carbonyl (C=O) groups is 4. The number of ether oxygens (including phenoxy) is 1. The number of benzene rings is 4. The molecular weight excluding hydrogens is 798 g/mol. The van der Waals surface area contributed by atoms with Crippen LogP contribution in [0.1, 0.15) is 36.8 Å². The zero-order chi connectivity index (χ0) is 41.8. The Morgan fingerprint density at radius 3 is 2.38 bits per heavy atom. The van der Waals surface area contributed by atoms with Gasteiger partial charge >= 0.3 is 0 Å². The number of methoxy groups -OCH3 is 1. The minimum Gasteiger partial charge on any atom is -0.504 e. The van der Waals surface area contributed by atoms with E-state index in [2.05, 4.69) is 5.32 Å². The van der Waals surface area contributed by atoms with Crippen molar-refractivity contribution in [2.45, 2.75) is 32.6 Å². The number of hydrogen-bond acceptors (Lipinski definition) is 9. The van der Waals surface area contributed by atoms with Gasteiger partial charge in [0.25, 0.3) is 0 Å². The molecule has 302 valence electrons. The predicted molar refractivity (Wildman–Crippen MR) is 232 cm³/mol. The number of aryl methyl sites for hydroxylation is 2. The van der Waals surface area contributed by atoms with Gasteiger partial charge in [0.2, 0.25) is 23.6 Å². The van der Waals surface area contributed by atoms with Crippen LogP contribution in [0.3, 0.4) is 0 Å². The highest BCUT2D eigenvalue weighted by molar-refractivity contribution is 7.22. The lowest BCUT2D eigenvalue weighted by Gasteiger charge is -2.49. The van der Waals surface area contributed by atoms with Crippen LogP contribution in [0.4, 0.5) is 22.9 Å². The summed E-state index contributed by atoms with van der Waals surface area (Å²) < 4.78 is 8.13. The van der Waals surface area contributed by atoms with E-state index in [1.807, 2.05) is 73.7 Å². The van der Waals surface area contributed by atoms with Crippen LogP contribution < -0.4 is 19.9 Å². The summed E-state index contributed by atoms with van der Waals surface area (Å²) in [5, 5.41) is 21.5. The number of imide groups is 2. The maximum absolute atomic E-state index is 15.2. The lowest BCUT2D eigenvalue weighted by atomic mass is 9.51. The number of allylic oxidation sites excluding steroid dienone is 2. The first kappa shape index (κ1) is 38.0. The average Bonchev–Trinajstić information content (AvgIpc) is 3.92. The van der Waals surface area contributed by atoms with Crippen molar-refractivity contribution in [3.8, 4) is 22.1 Å². The average molecular weight is 838 g/mol. The Morgan fingerprint density at radius 1 is 0.883 bits per heavy atom. The summed E-state index contributed by atoms with van der Waals surface area (Å²) in [5.74, 6) is -4.80. The Labute approximate surface area is 354 Å². The zero-order valence-electron chi connectivity index (χ0n) is 33.2. The highest BCUT2D eigenvalue weighted by atomic mass is 35.5. The Kier molecular flexibility index (Phi) is 8.82. The molecule has 0 radical (unpaired) electrons. The molecule has 10 rings (SSSR count). The van der Waals surface area contributed by atoms with Crippen LogP contribution in [0.25, 0.3) is 20.7 Å². The summed E-state index contributed by atoms with van der Waals surface area (Å²) in [6.45, 7) is 3.80. The summed E-state index contributed by atoms with van der Waals surface area (Å²) in [7, 11) is 3.17. The second kappa shape index (κ2) is 13.9. The number of para-hydroxylation sites is 2. The van der Waals surface area contributed by atoms with E-state index in [0.717, 1.165) is 37.5 Å². The monoisotopic (exact) mass is 837 g/mol. The number of rotatable bonds is 7. The molecule has 2 aliphatic heterocycles. The lowest BCUT2D eigenvalue weighted by molar-refractivity contribution is -0.131. The molecule has 2 saturated heterocycles. The fourth-order valence-electron chi connectivity index (χ4n) is 10.4. The molecule has 2 aliphatic carbocycles. The quantitative estimate of drug-likeness (QED) is 0.120. The summed E-state index contributed by atoms with van der Waals surface area (Å²) >= 11 is 7.90. The van der Waals surface area contributed by atoms with Crippen LogP contribution in [-0.2, 0) is 26.2 Å². The van der Waals surface area contributed by atoms with E-state index in [0.29, 0.717) is 27.8 Å². The molecule has 6 aromatic rings. The van der Waals surface area contributed by atoms with Gasteiger partial charge in [0.05, 0.1) is 40.8 Å². The van der Waals surface area contributed by atoms with Crippen LogP contribution in [0, 0.1) is 36.0 Å². The summed E-state index contributed by atoms with van der Waals surface area (Å²) in [6.07, 6.45) is 2.40. The largest absolute Gasteiger partial charge is 0.504 e. The number of nitrogens with one attached hydrogen (secondary N) is 1. The fourth-order valence-corrected chi connectivity index (χ4v) is 11.7. The molecule has 2 aromatic heterocycles. The fraction of sp³-hybridized carbons (Fsp3) is 0.255. The molecule has 3 fully saturated rings. The molecule has 4 aromatic carbocycles. The first-order chi connectivity index (χ1) is 28.9. The third-order valence-corrected chi connectivity index (χ3v) is 14.8. The van der Waals surface area contributed by atoms with Crippen molar-refractivity contribution in [2.75, 3.05) is 22.2 Å². The molecule has 4 heterocycles. The maximum atomic E-state index is 15.2. The van der Waals surface area contributed by atoms with Gasteiger partial charge in [-0.15, -0.1) is 11.3 Å². The maximum Gasteiger partial charge on any atom is 0.242 e.